The van der Waals surface area contributed by atoms with Crippen LogP contribution >= 0.6 is 15.9 Å². The zero-order chi connectivity index (χ0) is 81.9. The summed E-state index contributed by atoms with van der Waals surface area (Å²) in [4.78, 5) is 79.2. The topological polar surface area (TPSA) is 410 Å². The molecular weight excluding hydrogens is 1560 g/mol. The first-order valence-electron chi connectivity index (χ1n) is 34.8. The lowest BCUT2D eigenvalue weighted by Gasteiger charge is -2.32. The highest BCUT2D eigenvalue weighted by molar-refractivity contribution is 9.10. The van der Waals surface area contributed by atoms with Crippen LogP contribution in [0, 0.1) is 29.7 Å². The molecule has 8 heterocycles. The summed E-state index contributed by atoms with van der Waals surface area (Å²) >= 11 is 2.93. The highest BCUT2D eigenvalue weighted by atomic mass is 79.9. The second-order valence-electron chi connectivity index (χ2n) is 24.8. The van der Waals surface area contributed by atoms with Crippen LogP contribution < -0.4 is 29.7 Å². The molecule has 7 aromatic heterocycles. The quantitative estimate of drug-likeness (QED) is 0.0194. The van der Waals surface area contributed by atoms with Crippen molar-refractivity contribution in [3.8, 4) is 57.2 Å². The van der Waals surface area contributed by atoms with Gasteiger partial charge in [-0.15, -0.1) is 0 Å². The number of para-hydroxylation sites is 2. The van der Waals surface area contributed by atoms with Crippen molar-refractivity contribution in [1.29, 1.82) is 0 Å². The first-order chi connectivity index (χ1) is 54.1. The van der Waals surface area contributed by atoms with E-state index in [0.29, 0.717) is 112 Å². The minimum atomic E-state index is -1.05. The molecule has 0 saturated carbocycles. The third-order valence-corrected chi connectivity index (χ3v) is 17.0. The Morgan fingerprint density at radius 1 is 0.535 bits per heavy atom. The summed E-state index contributed by atoms with van der Waals surface area (Å²) in [6, 6.07) is 31.4. The van der Waals surface area contributed by atoms with Crippen LogP contribution in [0.2, 0.25) is 0 Å². The second-order valence-corrected chi connectivity index (χ2v) is 25.6. The number of carbonyl (C=O) groups excluding carboxylic acids is 3. The van der Waals surface area contributed by atoms with Crippen molar-refractivity contribution in [3.05, 3.63) is 227 Å². The summed E-state index contributed by atoms with van der Waals surface area (Å²) in [6.07, 6.45) is 10.3. The number of H-pyrrole nitrogens is 7. The van der Waals surface area contributed by atoms with E-state index in [1.54, 1.807) is 79.7 Å². The van der Waals surface area contributed by atoms with Gasteiger partial charge in [0.2, 0.25) is 29.7 Å². The number of nitrogens with zero attached hydrogens (tertiary/aromatic N) is 8. The van der Waals surface area contributed by atoms with Gasteiger partial charge in [0.25, 0.3) is 5.91 Å². The van der Waals surface area contributed by atoms with Crippen LogP contribution in [0.5, 0.6) is 23.0 Å². The zero-order valence-corrected chi connectivity index (χ0v) is 65.6. The van der Waals surface area contributed by atoms with Gasteiger partial charge in [0, 0.05) is 41.9 Å². The number of esters is 2. The fraction of sp³-hybridized carbons (Fsp3) is 0.260. The van der Waals surface area contributed by atoms with Gasteiger partial charge in [-0.25, -0.2) is 39.3 Å². The lowest BCUT2D eigenvalue weighted by molar-refractivity contribution is 0.00578. The average Bonchev–Trinajstić information content (AvgIpc) is 1.62. The Balaban J connectivity index is 0.000000193. The van der Waals surface area contributed by atoms with E-state index in [1.807, 2.05) is 86.0 Å². The number of amides is 1. The number of hydrogen-bond acceptors (Lipinski definition) is 20. The summed E-state index contributed by atoms with van der Waals surface area (Å²) in [5.74, 6) is -1.67. The summed E-state index contributed by atoms with van der Waals surface area (Å²) < 4.78 is 106. The van der Waals surface area contributed by atoms with E-state index in [9.17, 15) is 41.1 Å². The van der Waals surface area contributed by atoms with Crippen LogP contribution in [0.25, 0.3) is 56.0 Å². The molecule has 0 spiro atoms. The molecule has 114 heavy (non-hydrogen) atoms. The molecule has 1 amide bonds. The maximum Gasteiger partial charge on any atom is 0.498 e. The van der Waals surface area contributed by atoms with Gasteiger partial charge in [-0.2, -0.15) is 32.1 Å². The van der Waals surface area contributed by atoms with Crippen molar-refractivity contribution in [2.24, 2.45) is 0 Å². The number of carbonyl (C=O) groups is 4. The molecule has 1 aliphatic heterocycles. The number of nitrogens with one attached hydrogen (secondary N) is 8. The van der Waals surface area contributed by atoms with Gasteiger partial charge in [-0.1, -0.05) is 42.5 Å². The number of hydrogen-bond donors (Lipinski definition) is 9. The number of aromatic carboxylic acids is 1. The number of halogens is 6. The SMILES string of the molecule is CCOc1cc(C(=O)N(C)Cc2cccc3cn[nH]c23)ccc1-c1ncc(F)[nH]1.CCOc1cc(C(=O)O)ccc1-c1ncc(F)[nH]1.CCOc1cc(C(=O)OC)ccc1-c1ncc(F)[nH]1.CCOc1cc(C(=O)OC)ccc1B1OC(C)(C)C(C)(C)O1.CNCc1cccc2cn[nH]c12.Fc1cnc(Br)[nH]1.Fc1cnc[nH]1.O. The molecular formula is C77H85BBrF5N16O14. The summed E-state index contributed by atoms with van der Waals surface area (Å²) in [5.41, 5.74) is 7.27. The Bertz CT molecular complexity index is 5230. The Morgan fingerprint density at radius 3 is 1.33 bits per heavy atom. The number of aromatic amines is 7. The lowest BCUT2D eigenvalue weighted by Crippen LogP contribution is -2.41. The maximum absolute atomic E-state index is 13.3. The van der Waals surface area contributed by atoms with Crippen molar-refractivity contribution in [2.45, 2.75) is 79.7 Å². The fourth-order valence-electron chi connectivity index (χ4n) is 10.6. The van der Waals surface area contributed by atoms with E-state index in [1.165, 1.54) is 49.7 Å². The highest BCUT2D eigenvalue weighted by Gasteiger charge is 2.52. The van der Waals surface area contributed by atoms with Crippen LogP contribution in [0.1, 0.15) is 108 Å². The zero-order valence-electron chi connectivity index (χ0n) is 64.0. The number of imidazole rings is 5. The van der Waals surface area contributed by atoms with Gasteiger partial charge in [0.1, 0.15) is 40.5 Å². The van der Waals surface area contributed by atoms with Crippen LogP contribution in [-0.2, 0) is 31.9 Å². The van der Waals surface area contributed by atoms with E-state index in [0.717, 1.165) is 65.0 Å². The predicted molar refractivity (Wildman–Crippen MR) is 418 cm³/mol. The largest absolute Gasteiger partial charge is 0.498 e. The summed E-state index contributed by atoms with van der Waals surface area (Å²) in [7, 11) is 5.81. The van der Waals surface area contributed by atoms with Crippen LogP contribution in [0.3, 0.4) is 0 Å². The van der Waals surface area contributed by atoms with E-state index in [2.05, 4.69) is 108 Å². The van der Waals surface area contributed by atoms with Gasteiger partial charge in [-0.05, 0) is 156 Å². The minimum Gasteiger partial charge on any atom is -0.494 e. The van der Waals surface area contributed by atoms with Crippen LogP contribution in [0.4, 0.5) is 22.0 Å². The molecule has 1 saturated heterocycles. The molecule has 0 radical (unpaired) electrons. The van der Waals surface area contributed by atoms with Gasteiger partial charge >= 0.3 is 25.0 Å². The number of fused-ring (bicyclic) bond motifs is 2. The molecule has 13 aromatic rings. The van der Waals surface area contributed by atoms with Crippen molar-refractivity contribution < 1.29 is 89.4 Å². The van der Waals surface area contributed by atoms with E-state index in [-0.39, 0.29) is 16.9 Å². The molecule has 1 aliphatic rings. The maximum atomic E-state index is 13.3. The minimum absolute atomic E-state index is 0. The molecule has 0 aliphatic carbocycles. The molecule has 11 N–H and O–H groups in total. The van der Waals surface area contributed by atoms with Crippen LogP contribution in [-0.4, -0.2) is 183 Å². The Morgan fingerprint density at radius 2 is 0.947 bits per heavy atom. The Labute approximate surface area is 659 Å². The van der Waals surface area contributed by atoms with Gasteiger partial charge in [-0.3, -0.25) is 15.0 Å². The van der Waals surface area contributed by atoms with E-state index in [4.69, 9.17) is 38.1 Å². The summed E-state index contributed by atoms with van der Waals surface area (Å²) in [5, 5.41) is 28.2. The molecule has 6 aromatic carbocycles. The Kier molecular flexibility index (Phi) is 32.8. The van der Waals surface area contributed by atoms with Crippen LogP contribution in [0.15, 0.2) is 164 Å². The number of ether oxygens (including phenoxy) is 6. The number of carboxylic acids is 1. The van der Waals surface area contributed by atoms with Gasteiger partial charge in [0.05, 0.1) is 146 Å². The smallest absolute Gasteiger partial charge is 0.494 e. The lowest BCUT2D eigenvalue weighted by atomic mass is 9.78. The Hall–Kier alpha value is -12.6. The van der Waals surface area contributed by atoms with Gasteiger partial charge in [0.15, 0.2) is 4.73 Å². The third-order valence-electron chi connectivity index (χ3n) is 16.6. The number of rotatable bonds is 20. The molecule has 0 atom stereocenters. The van der Waals surface area contributed by atoms with E-state index < -0.39 is 66.0 Å². The fourth-order valence-corrected chi connectivity index (χ4v) is 10.9. The molecule has 602 valence electrons. The van der Waals surface area contributed by atoms with E-state index >= 15 is 0 Å². The average molecular weight is 1640 g/mol. The number of methoxy groups -OCH3 is 2. The molecule has 14 rings (SSSR count). The molecule has 0 unspecified atom stereocenters. The molecule has 37 heteroatoms. The molecule has 0 bridgehead atoms. The molecule has 1 fully saturated rings. The standard InChI is InChI=1S/C21H20FN5O2.C16H23BO5.C13H13FN2O3.C12H11FN2O3.C9H11N3.C3H2BrFN2.C3H3FN2.H2O/c1-3-29-17-9-13(7-8-16(17)20-23-11-18(22)25-20)21(28)27(2)12-15-6-4-5-14-10-24-26-19(14)15;1-7-20-13-10-11(14(18)19-6)8-9-12(13)17-21-15(2,3)16(4,5)22-17;1-3-19-10-6-8(13(17)18-2)4-5-9(10)12-15-7-11(14)16-12;1-2-18-9-5-7(12(16)17)3-4-8(9)11-14-6-10(13)15-11;1-10-5-7-3-2-4-8-6-11-12-9(7)8;4-3-6-1-2(5)7-3;4-3-1-5-2-6-3;/h4-11H,3,12H2,1-2H3,(H,23,25)(H,24,26);8-10H,7H2,1-6H3;4-7H,3H2,1-2H3,(H,15,16);3-6H,2H2,1H3,(H,14,15)(H,16,17);2-4,6,10H,5H2,1H3,(H,11,12);1H,(H,6,7);1-2H,(H,5,6);1H2. The highest BCUT2D eigenvalue weighted by Crippen LogP contribution is 2.38. The number of aromatic nitrogens is 14. The van der Waals surface area contributed by atoms with Crippen molar-refractivity contribution in [2.75, 3.05) is 54.7 Å². The molecule has 30 nitrogen and oxygen atoms in total. The number of carboxylic acid groups (broad SMARTS) is 1. The summed E-state index contributed by atoms with van der Waals surface area (Å²) in [6.45, 7) is 18.3. The van der Waals surface area contributed by atoms with Crippen molar-refractivity contribution >= 4 is 74.1 Å². The second kappa shape index (κ2) is 42.2. The van der Waals surface area contributed by atoms with Gasteiger partial charge < -0.3 is 83.4 Å². The normalized spacial score (nSPS) is 12.0. The van der Waals surface area contributed by atoms with Crippen molar-refractivity contribution in [3.63, 3.8) is 0 Å². The predicted octanol–water partition coefficient (Wildman–Crippen LogP) is 13.0. The van der Waals surface area contributed by atoms with Crippen molar-refractivity contribution in [1.82, 2.24) is 80.5 Å². The monoisotopic (exact) mass is 1640 g/mol. The first kappa shape index (κ1) is 88.6. The third kappa shape index (κ3) is 24.0. The number of benzene rings is 6. The first-order valence-corrected chi connectivity index (χ1v) is 35.6.